The zero-order chi connectivity index (χ0) is 11.9. The fourth-order valence-corrected chi connectivity index (χ4v) is 1.37. The van der Waals surface area contributed by atoms with E-state index in [0.29, 0.717) is 0 Å². The van der Waals surface area contributed by atoms with Crippen molar-refractivity contribution in [3.05, 3.63) is 0 Å². The van der Waals surface area contributed by atoms with Crippen molar-refractivity contribution in [2.45, 2.75) is 72.3 Å². The zero-order valence-corrected chi connectivity index (χ0v) is 11.4. The lowest BCUT2D eigenvalue weighted by Gasteiger charge is -2.26. The lowest BCUT2D eigenvalue weighted by atomic mass is 9.99. The van der Waals surface area contributed by atoms with Crippen LogP contribution in [-0.2, 0) is 9.53 Å². The molecule has 0 saturated carbocycles. The van der Waals surface area contributed by atoms with Crippen molar-refractivity contribution in [3.8, 4) is 0 Å². The normalized spacial score (nSPS) is 12.8. The topological polar surface area (TPSA) is 57.8 Å². The van der Waals surface area contributed by atoms with E-state index in [1.165, 1.54) is 0 Å². The summed E-state index contributed by atoms with van der Waals surface area (Å²) < 4.78 is 5.50. The van der Waals surface area contributed by atoms with Crippen LogP contribution in [0, 0.1) is 5.92 Å². The molecule has 0 radical (unpaired) electrons. The monoisotopic (exact) mass is 232 g/mol. The summed E-state index contributed by atoms with van der Waals surface area (Å²) in [6, 6.07) is 0. The second-order valence-electron chi connectivity index (χ2n) is 4.78. The van der Waals surface area contributed by atoms with E-state index < -0.39 is 0 Å². The Morgan fingerprint density at radius 2 is 1.81 bits per heavy atom. The van der Waals surface area contributed by atoms with Crippen LogP contribution in [0.2, 0.25) is 0 Å². The summed E-state index contributed by atoms with van der Waals surface area (Å²) in [5.41, 5.74) is -0.309. The van der Waals surface area contributed by atoms with Gasteiger partial charge in [-0.25, -0.2) is 0 Å². The van der Waals surface area contributed by atoms with E-state index in [1.54, 1.807) is 0 Å². The molecular formula is C13H28O3. The highest BCUT2D eigenvalue weighted by Crippen LogP contribution is 2.20. The first-order valence-corrected chi connectivity index (χ1v) is 6.19. The first-order chi connectivity index (χ1) is 6.96. The predicted molar refractivity (Wildman–Crippen MR) is 67.4 cm³/mol. The van der Waals surface area contributed by atoms with Gasteiger partial charge in [0.05, 0.1) is 5.92 Å². The van der Waals surface area contributed by atoms with Crippen molar-refractivity contribution in [1.82, 2.24) is 0 Å². The summed E-state index contributed by atoms with van der Waals surface area (Å²) in [5, 5.41) is 0. The molecule has 0 aromatic heterocycles. The molecule has 3 heteroatoms. The minimum atomic E-state index is -0.309. The van der Waals surface area contributed by atoms with Crippen molar-refractivity contribution >= 4 is 5.97 Å². The Labute approximate surface area is 99.9 Å². The molecule has 1 unspecified atom stereocenters. The fourth-order valence-electron chi connectivity index (χ4n) is 1.37. The van der Waals surface area contributed by atoms with Crippen LogP contribution in [0.4, 0.5) is 0 Å². The quantitative estimate of drug-likeness (QED) is 0.633. The number of hydrogen-bond donors (Lipinski definition) is 0. The minimum Gasteiger partial charge on any atom is -0.459 e. The smallest absolute Gasteiger partial charge is 0.309 e. The van der Waals surface area contributed by atoms with Gasteiger partial charge in [0.25, 0.3) is 0 Å². The van der Waals surface area contributed by atoms with Crippen LogP contribution in [0.1, 0.15) is 66.7 Å². The second-order valence-corrected chi connectivity index (χ2v) is 4.78. The number of ether oxygens (including phenoxy) is 1. The molecule has 0 aliphatic rings. The van der Waals surface area contributed by atoms with Gasteiger partial charge in [-0.3, -0.25) is 4.79 Å². The highest BCUT2D eigenvalue weighted by atomic mass is 16.6. The third kappa shape index (κ3) is 6.83. The van der Waals surface area contributed by atoms with Crippen LogP contribution in [0.25, 0.3) is 0 Å². The molecule has 0 amide bonds. The van der Waals surface area contributed by atoms with E-state index in [9.17, 15) is 4.79 Å². The Hall–Kier alpha value is -0.570. The Bertz CT molecular complexity index is 188. The second kappa shape index (κ2) is 8.57. The van der Waals surface area contributed by atoms with Gasteiger partial charge in [0.2, 0.25) is 0 Å². The van der Waals surface area contributed by atoms with Gasteiger partial charge in [0.15, 0.2) is 0 Å². The van der Waals surface area contributed by atoms with Gasteiger partial charge in [-0.15, -0.1) is 0 Å². The summed E-state index contributed by atoms with van der Waals surface area (Å²) in [6.07, 6.45) is 4.97. The largest absolute Gasteiger partial charge is 0.459 e. The number of carbonyl (C=O) groups excluding carboxylic acids is 1. The van der Waals surface area contributed by atoms with E-state index >= 15 is 0 Å². The van der Waals surface area contributed by atoms with Gasteiger partial charge in [-0.05, 0) is 33.1 Å². The third-order valence-corrected chi connectivity index (χ3v) is 2.96. The fraction of sp³-hybridized carbons (Fsp3) is 0.923. The van der Waals surface area contributed by atoms with E-state index in [1.807, 2.05) is 20.8 Å². The maximum absolute atomic E-state index is 11.8. The van der Waals surface area contributed by atoms with Crippen molar-refractivity contribution in [1.29, 1.82) is 0 Å². The summed E-state index contributed by atoms with van der Waals surface area (Å²) in [4.78, 5) is 11.8. The number of rotatable bonds is 7. The van der Waals surface area contributed by atoms with Crippen LogP contribution < -0.4 is 0 Å². The Morgan fingerprint density at radius 3 is 2.19 bits per heavy atom. The maximum atomic E-state index is 11.8. The molecule has 0 aliphatic heterocycles. The van der Waals surface area contributed by atoms with Crippen LogP contribution in [0.5, 0.6) is 0 Å². The average Bonchev–Trinajstić information content (AvgIpc) is 2.18. The molecule has 98 valence electrons. The van der Waals surface area contributed by atoms with Crippen LogP contribution in [-0.4, -0.2) is 17.0 Å². The van der Waals surface area contributed by atoms with E-state index in [0.717, 1.165) is 32.1 Å². The lowest BCUT2D eigenvalue weighted by Crippen LogP contribution is -2.30. The molecule has 0 heterocycles. The molecule has 0 aromatic rings. The molecule has 0 saturated heterocycles. The van der Waals surface area contributed by atoms with E-state index in [2.05, 4.69) is 13.8 Å². The minimum absolute atomic E-state index is 0. The van der Waals surface area contributed by atoms with Gasteiger partial charge < -0.3 is 10.2 Å². The summed E-state index contributed by atoms with van der Waals surface area (Å²) in [6.45, 7) is 10.2. The van der Waals surface area contributed by atoms with E-state index in [4.69, 9.17) is 4.74 Å². The predicted octanol–water partition coefficient (Wildman–Crippen LogP) is 3.11. The van der Waals surface area contributed by atoms with Crippen molar-refractivity contribution in [2.75, 3.05) is 0 Å². The summed E-state index contributed by atoms with van der Waals surface area (Å²) in [5.74, 6) is 0.0774. The van der Waals surface area contributed by atoms with Crippen LogP contribution in [0.15, 0.2) is 0 Å². The van der Waals surface area contributed by atoms with Gasteiger partial charge >= 0.3 is 5.97 Å². The first-order valence-electron chi connectivity index (χ1n) is 6.19. The van der Waals surface area contributed by atoms with Gasteiger partial charge in [0.1, 0.15) is 5.60 Å². The van der Waals surface area contributed by atoms with Crippen molar-refractivity contribution in [3.63, 3.8) is 0 Å². The highest BCUT2D eigenvalue weighted by Gasteiger charge is 2.25. The van der Waals surface area contributed by atoms with Crippen molar-refractivity contribution < 1.29 is 15.0 Å². The van der Waals surface area contributed by atoms with Crippen LogP contribution in [0.3, 0.4) is 0 Å². The zero-order valence-electron chi connectivity index (χ0n) is 11.4. The van der Waals surface area contributed by atoms with Gasteiger partial charge in [-0.1, -0.05) is 33.6 Å². The third-order valence-electron chi connectivity index (χ3n) is 2.96. The number of unbranched alkanes of at least 4 members (excludes halogenated alkanes) is 1. The molecule has 2 N–H and O–H groups in total. The molecule has 0 fully saturated rings. The molecule has 0 aliphatic carbocycles. The molecule has 0 aromatic carbocycles. The average molecular weight is 232 g/mol. The lowest BCUT2D eigenvalue weighted by molar-refractivity contribution is -0.162. The molecule has 0 bridgehead atoms. The number of hydrogen-bond acceptors (Lipinski definition) is 2. The Balaban J connectivity index is 0. The van der Waals surface area contributed by atoms with E-state index in [-0.39, 0.29) is 23.0 Å². The molecule has 16 heavy (non-hydrogen) atoms. The summed E-state index contributed by atoms with van der Waals surface area (Å²) in [7, 11) is 0. The molecular weight excluding hydrogens is 204 g/mol. The first kappa shape index (κ1) is 17.8. The highest BCUT2D eigenvalue weighted by molar-refractivity contribution is 5.72. The Morgan fingerprint density at radius 1 is 1.25 bits per heavy atom. The molecule has 3 nitrogen and oxygen atoms in total. The summed E-state index contributed by atoms with van der Waals surface area (Å²) >= 11 is 0. The standard InChI is InChI=1S/C13H26O2.H2O/c1-6-9-10-11(7-2)12(14)15-13(4,5)8-3;/h11H,6-10H2,1-5H3;1H2. The number of carbonyl (C=O) groups is 1. The maximum Gasteiger partial charge on any atom is 0.309 e. The molecule has 0 spiro atoms. The number of esters is 1. The van der Waals surface area contributed by atoms with Gasteiger partial charge in [-0.2, -0.15) is 0 Å². The molecule has 1 atom stereocenters. The van der Waals surface area contributed by atoms with Gasteiger partial charge in [0, 0.05) is 0 Å². The van der Waals surface area contributed by atoms with Crippen molar-refractivity contribution in [2.24, 2.45) is 5.92 Å². The molecule has 0 rings (SSSR count). The van der Waals surface area contributed by atoms with Crippen LogP contribution >= 0.6 is 0 Å². The Kier molecular flexibility index (Phi) is 9.54. The SMILES string of the molecule is CCCCC(CC)C(=O)OC(C)(C)CC.O.